The number of amides is 4. The second kappa shape index (κ2) is 10.8. The van der Waals surface area contributed by atoms with E-state index in [0.717, 1.165) is 5.69 Å². The number of nitrogens with one attached hydrogen (secondary N) is 3. The van der Waals surface area contributed by atoms with E-state index in [1.165, 1.54) is 12.1 Å². The van der Waals surface area contributed by atoms with Gasteiger partial charge in [0.2, 0.25) is 0 Å². The predicted octanol–water partition coefficient (Wildman–Crippen LogP) is 5.21. The molecule has 0 saturated carbocycles. The highest BCUT2D eigenvalue weighted by molar-refractivity contribution is 6.33. The summed E-state index contributed by atoms with van der Waals surface area (Å²) >= 11 is 11.5. The van der Waals surface area contributed by atoms with Gasteiger partial charge in [0.15, 0.2) is 0 Å². The molecule has 0 atom stereocenters. The lowest BCUT2D eigenvalue weighted by Gasteiger charge is -2.07. The summed E-state index contributed by atoms with van der Waals surface area (Å²) in [6.45, 7) is 0. The van der Waals surface area contributed by atoms with Crippen LogP contribution in [0.5, 0.6) is 0 Å². The van der Waals surface area contributed by atoms with Crippen LogP contribution in [-0.4, -0.2) is 17.0 Å². The minimum atomic E-state index is -0.536. The second-order valence-electron chi connectivity index (χ2n) is 5.30. The molecule has 144 valence electrons. The van der Waals surface area contributed by atoms with Crippen LogP contribution in [0.15, 0.2) is 72.8 Å². The van der Waals surface area contributed by atoms with Crippen molar-refractivity contribution in [2.75, 3.05) is 16.0 Å². The zero-order valence-corrected chi connectivity index (χ0v) is 16.0. The van der Waals surface area contributed by atoms with E-state index in [4.69, 9.17) is 28.9 Å². The normalized spacial score (nSPS) is 9.50. The molecule has 28 heavy (non-hydrogen) atoms. The second-order valence-corrected chi connectivity index (χ2v) is 6.08. The first kappa shape index (κ1) is 21.0. The highest BCUT2D eigenvalue weighted by Gasteiger charge is 2.04. The molecular weight excluding hydrogens is 401 g/mol. The highest BCUT2D eigenvalue weighted by atomic mass is 35.5. The summed E-state index contributed by atoms with van der Waals surface area (Å²) in [6, 6.07) is 20.3. The summed E-state index contributed by atoms with van der Waals surface area (Å²) in [5.41, 5.74) is 6.77. The number of carbonyl (C=O) groups excluding carboxylic acids is 2. The van der Waals surface area contributed by atoms with E-state index >= 15 is 0 Å². The van der Waals surface area contributed by atoms with Gasteiger partial charge < -0.3 is 21.7 Å². The molecule has 9 heteroatoms. The zero-order valence-electron chi connectivity index (χ0n) is 14.5. The highest BCUT2D eigenvalue weighted by Crippen LogP contribution is 2.18. The number of primary amides is 1. The molecule has 0 radical (unpaired) electrons. The number of carbonyl (C=O) groups is 2. The maximum Gasteiger partial charge on any atom is 0.323 e. The minimum Gasteiger partial charge on any atom is -0.351 e. The Bertz CT molecular complexity index is 904. The van der Waals surface area contributed by atoms with Crippen molar-refractivity contribution < 1.29 is 9.59 Å². The standard InChI is InChI=1S/C12H9Cl2N3O.C7H8N2O/c13-10-6-9(7-11(14)17-10)16-12(18)15-8-4-2-1-3-5-8;8-7(10)9-6-4-2-1-3-5-6/h1-7H,(H2,15,16,17,18);1-5H,(H3,8,9,10). The van der Waals surface area contributed by atoms with Crippen LogP contribution in [-0.2, 0) is 0 Å². The third-order valence-electron chi connectivity index (χ3n) is 3.09. The first-order chi connectivity index (χ1) is 13.4. The topological polar surface area (TPSA) is 109 Å². The molecule has 5 N–H and O–H groups in total. The first-order valence-electron chi connectivity index (χ1n) is 8.00. The van der Waals surface area contributed by atoms with Crippen molar-refractivity contribution in [1.29, 1.82) is 0 Å². The average molecular weight is 418 g/mol. The maximum absolute atomic E-state index is 11.7. The number of aromatic nitrogens is 1. The zero-order chi connectivity index (χ0) is 20.4. The van der Waals surface area contributed by atoms with Crippen LogP contribution in [0, 0.1) is 0 Å². The fourth-order valence-electron chi connectivity index (χ4n) is 2.02. The number of hydrogen-bond acceptors (Lipinski definition) is 3. The monoisotopic (exact) mass is 417 g/mol. The largest absolute Gasteiger partial charge is 0.351 e. The summed E-state index contributed by atoms with van der Waals surface area (Å²) in [4.78, 5) is 25.7. The van der Waals surface area contributed by atoms with Crippen molar-refractivity contribution in [3.8, 4) is 0 Å². The Hall–Kier alpha value is -3.29. The molecule has 0 aliphatic carbocycles. The quantitative estimate of drug-likeness (QED) is 0.439. The van der Waals surface area contributed by atoms with Crippen LogP contribution < -0.4 is 21.7 Å². The number of hydrogen-bond donors (Lipinski definition) is 4. The molecule has 0 aliphatic heterocycles. The van der Waals surface area contributed by atoms with Gasteiger partial charge in [-0.1, -0.05) is 59.6 Å². The fourth-order valence-corrected chi connectivity index (χ4v) is 2.48. The molecule has 1 aromatic heterocycles. The van der Waals surface area contributed by atoms with Gasteiger partial charge in [0.05, 0.1) is 0 Å². The number of urea groups is 2. The average Bonchev–Trinajstić information content (AvgIpc) is 2.62. The predicted molar refractivity (Wildman–Crippen MR) is 113 cm³/mol. The number of halogens is 2. The van der Waals surface area contributed by atoms with E-state index in [1.807, 2.05) is 36.4 Å². The van der Waals surface area contributed by atoms with E-state index in [-0.39, 0.29) is 16.3 Å². The van der Waals surface area contributed by atoms with Gasteiger partial charge in [0.1, 0.15) is 10.3 Å². The molecule has 0 bridgehead atoms. The summed E-state index contributed by atoms with van der Waals surface area (Å²) in [5, 5.41) is 8.17. The SMILES string of the molecule is NC(=O)Nc1ccccc1.O=C(Nc1ccccc1)Nc1cc(Cl)nc(Cl)c1. The van der Waals surface area contributed by atoms with Gasteiger partial charge in [0.25, 0.3) is 0 Å². The van der Waals surface area contributed by atoms with Crippen LogP contribution in [0.3, 0.4) is 0 Å². The van der Waals surface area contributed by atoms with E-state index in [0.29, 0.717) is 11.4 Å². The number of nitrogens with two attached hydrogens (primary N) is 1. The van der Waals surface area contributed by atoms with Crippen LogP contribution >= 0.6 is 23.2 Å². The smallest absolute Gasteiger partial charge is 0.323 e. The lowest BCUT2D eigenvalue weighted by Crippen LogP contribution is -2.19. The van der Waals surface area contributed by atoms with E-state index in [2.05, 4.69) is 20.9 Å². The van der Waals surface area contributed by atoms with Gasteiger partial charge in [-0.25, -0.2) is 14.6 Å². The Balaban J connectivity index is 0.000000237. The Labute approximate surface area is 171 Å². The van der Waals surface area contributed by atoms with Gasteiger partial charge in [-0.3, -0.25) is 0 Å². The van der Waals surface area contributed by atoms with Crippen molar-refractivity contribution in [3.05, 3.63) is 83.1 Å². The van der Waals surface area contributed by atoms with Crippen LogP contribution in [0.4, 0.5) is 26.7 Å². The Morgan fingerprint density at radius 3 is 1.61 bits per heavy atom. The van der Waals surface area contributed by atoms with Gasteiger partial charge in [-0.2, -0.15) is 0 Å². The Morgan fingerprint density at radius 1 is 0.714 bits per heavy atom. The van der Waals surface area contributed by atoms with E-state index < -0.39 is 6.03 Å². The molecule has 0 spiro atoms. The van der Waals surface area contributed by atoms with Gasteiger partial charge in [-0.15, -0.1) is 0 Å². The molecule has 7 nitrogen and oxygen atoms in total. The Kier molecular flexibility index (Phi) is 8.08. The molecule has 0 fully saturated rings. The molecule has 3 aromatic rings. The van der Waals surface area contributed by atoms with E-state index in [1.54, 1.807) is 24.3 Å². The van der Waals surface area contributed by atoms with E-state index in [9.17, 15) is 9.59 Å². The third-order valence-corrected chi connectivity index (χ3v) is 3.48. The van der Waals surface area contributed by atoms with Crippen LogP contribution in [0.1, 0.15) is 0 Å². The number of para-hydroxylation sites is 2. The maximum atomic E-state index is 11.7. The van der Waals surface area contributed by atoms with Crippen molar-refractivity contribution in [2.45, 2.75) is 0 Å². The van der Waals surface area contributed by atoms with Crippen molar-refractivity contribution in [3.63, 3.8) is 0 Å². The minimum absolute atomic E-state index is 0.220. The van der Waals surface area contributed by atoms with Crippen molar-refractivity contribution in [1.82, 2.24) is 4.98 Å². The number of rotatable bonds is 3. The van der Waals surface area contributed by atoms with Crippen LogP contribution in [0.2, 0.25) is 10.3 Å². The number of nitrogens with zero attached hydrogens (tertiary/aromatic N) is 1. The molecule has 4 amide bonds. The van der Waals surface area contributed by atoms with Gasteiger partial charge >= 0.3 is 12.1 Å². The third kappa shape index (κ3) is 7.94. The number of benzene rings is 2. The lowest BCUT2D eigenvalue weighted by molar-refractivity contribution is 0.259. The molecule has 2 aromatic carbocycles. The lowest BCUT2D eigenvalue weighted by atomic mass is 10.3. The molecule has 3 rings (SSSR count). The summed E-state index contributed by atoms with van der Waals surface area (Å²) in [6.07, 6.45) is 0. The number of pyridine rings is 1. The fraction of sp³-hybridized carbons (Fsp3) is 0. The molecule has 0 aliphatic rings. The first-order valence-corrected chi connectivity index (χ1v) is 8.75. The summed E-state index contributed by atoms with van der Waals surface area (Å²) in [5.74, 6) is 0. The van der Waals surface area contributed by atoms with Crippen molar-refractivity contribution in [2.24, 2.45) is 5.73 Å². The molecule has 0 unspecified atom stereocenters. The molecule has 0 saturated heterocycles. The molecular formula is C19H17Cl2N5O2. The van der Waals surface area contributed by atoms with Crippen molar-refractivity contribution >= 4 is 52.3 Å². The van der Waals surface area contributed by atoms with Gasteiger partial charge in [0, 0.05) is 17.1 Å². The summed E-state index contributed by atoms with van der Waals surface area (Å²) < 4.78 is 0. The number of anilines is 3. The van der Waals surface area contributed by atoms with Crippen LogP contribution in [0.25, 0.3) is 0 Å². The molecule has 1 heterocycles. The summed E-state index contributed by atoms with van der Waals surface area (Å²) in [7, 11) is 0. The van der Waals surface area contributed by atoms with Gasteiger partial charge in [-0.05, 0) is 36.4 Å². The Morgan fingerprint density at radius 2 is 1.14 bits per heavy atom.